The molecule has 57 heavy (non-hydrogen) atoms. The largest absolute Gasteiger partial charge is 0.490 e. The van der Waals surface area contributed by atoms with Crippen molar-refractivity contribution < 1.29 is 37.4 Å². The van der Waals surface area contributed by atoms with Gasteiger partial charge in [0.15, 0.2) is 0 Å². The van der Waals surface area contributed by atoms with Crippen LogP contribution in [-0.2, 0) is 31.6 Å². The van der Waals surface area contributed by atoms with Crippen LogP contribution in [0.2, 0.25) is 0 Å². The molecule has 4 aromatic rings. The lowest BCUT2D eigenvalue weighted by Crippen LogP contribution is -2.59. The summed E-state index contributed by atoms with van der Waals surface area (Å²) in [5, 5.41) is 23.4. The van der Waals surface area contributed by atoms with Crippen molar-refractivity contribution >= 4 is 51.0 Å². The van der Waals surface area contributed by atoms with Crippen LogP contribution < -0.4 is 4.90 Å². The van der Waals surface area contributed by atoms with Crippen LogP contribution in [-0.4, -0.2) is 111 Å². The van der Waals surface area contributed by atoms with Crippen molar-refractivity contribution in [3.05, 3.63) is 47.9 Å². The number of alkyl halides is 3. The summed E-state index contributed by atoms with van der Waals surface area (Å²) in [7, 11) is 3.85. The number of likely N-dealkylation sites (N-methyl/N-ethyl adjacent to an activating group) is 1. The Balaban J connectivity index is 0.000000598. The third-order valence-corrected chi connectivity index (χ3v) is 13.0. The maximum atomic E-state index is 14.5. The Labute approximate surface area is 327 Å². The van der Waals surface area contributed by atoms with Crippen LogP contribution in [0.15, 0.2) is 36.7 Å². The number of hydrogen-bond acceptors (Lipinski definition) is 8. The van der Waals surface area contributed by atoms with Gasteiger partial charge in [0, 0.05) is 73.6 Å². The molecule has 5 aliphatic rings. The molecule has 1 aromatic carbocycles. The number of hydrogen-bond donors (Lipinski definition) is 2. The normalized spacial score (nSPS) is 21.8. The minimum absolute atomic E-state index is 0.0292. The summed E-state index contributed by atoms with van der Waals surface area (Å²) in [6.45, 7) is 4.13. The number of carboxylic acids is 1. The zero-order valence-electron chi connectivity index (χ0n) is 32.0. The summed E-state index contributed by atoms with van der Waals surface area (Å²) in [5.74, 6) is -2.41. The average molecular weight is 787 g/mol. The number of pyridine rings is 1. The van der Waals surface area contributed by atoms with Crippen molar-refractivity contribution in [1.29, 1.82) is 5.26 Å². The van der Waals surface area contributed by atoms with Crippen LogP contribution in [0, 0.1) is 17.2 Å². The lowest BCUT2D eigenvalue weighted by molar-refractivity contribution is -0.192. The fraction of sp³-hybridized carbons (Fsp3) is 0.512. The number of ether oxygens (including phenoxy) is 1. The lowest BCUT2D eigenvalue weighted by atomic mass is 9.68. The zero-order valence-corrected chi connectivity index (χ0v) is 32.0. The molecule has 0 bridgehead atoms. The summed E-state index contributed by atoms with van der Waals surface area (Å²) in [6.07, 6.45) is 8.46. The third kappa shape index (κ3) is 6.54. The number of aromatic amines is 1. The van der Waals surface area contributed by atoms with E-state index in [0.717, 1.165) is 95.2 Å². The predicted molar refractivity (Wildman–Crippen MR) is 205 cm³/mol. The number of piperidine rings is 1. The third-order valence-electron chi connectivity index (χ3n) is 13.0. The number of nitriles is 1. The van der Waals surface area contributed by atoms with Gasteiger partial charge in [0.25, 0.3) is 0 Å². The van der Waals surface area contributed by atoms with E-state index in [1.165, 1.54) is 5.57 Å². The number of amides is 2. The molecular weight excluding hydrogens is 741 g/mol. The number of rotatable bonds is 5. The molecule has 3 aromatic heterocycles. The van der Waals surface area contributed by atoms with E-state index in [4.69, 9.17) is 19.6 Å². The Morgan fingerprint density at radius 1 is 1.09 bits per heavy atom. The number of allylic oxidation sites excluding steroid dienone is 2. The number of morpholine rings is 1. The number of nitrogens with zero attached hydrogens (tertiary/aromatic N) is 7. The number of likely N-dealkylation sites (tertiary alicyclic amines) is 1. The minimum Gasteiger partial charge on any atom is -0.475 e. The number of anilines is 1. The molecule has 3 fully saturated rings. The minimum atomic E-state index is -5.08. The topological polar surface area (TPSA) is 161 Å². The summed E-state index contributed by atoms with van der Waals surface area (Å²) in [4.78, 5) is 51.8. The maximum absolute atomic E-state index is 14.5. The Kier molecular flexibility index (Phi) is 9.88. The van der Waals surface area contributed by atoms with E-state index in [9.17, 15) is 28.0 Å². The van der Waals surface area contributed by atoms with Gasteiger partial charge in [0.05, 0.1) is 60.4 Å². The highest BCUT2D eigenvalue weighted by Gasteiger charge is 2.55. The second-order valence-corrected chi connectivity index (χ2v) is 15.9. The van der Waals surface area contributed by atoms with E-state index in [0.29, 0.717) is 52.0 Å². The van der Waals surface area contributed by atoms with Gasteiger partial charge in [-0.2, -0.15) is 23.5 Å². The molecule has 3 aliphatic heterocycles. The van der Waals surface area contributed by atoms with Gasteiger partial charge < -0.3 is 24.6 Å². The molecule has 0 radical (unpaired) electrons. The second kappa shape index (κ2) is 14.6. The number of aliphatic carboxylic acids is 1. The van der Waals surface area contributed by atoms with Crippen LogP contribution >= 0.6 is 0 Å². The fourth-order valence-electron chi connectivity index (χ4n) is 9.76. The highest BCUT2D eigenvalue weighted by atomic mass is 19.4. The number of fused-ring (bicyclic) bond motifs is 5. The van der Waals surface area contributed by atoms with Crippen molar-refractivity contribution in [2.75, 3.05) is 51.3 Å². The van der Waals surface area contributed by atoms with Crippen LogP contribution in [0.1, 0.15) is 69.0 Å². The number of nitrogens with one attached hydrogen (secondary N) is 1. The molecule has 1 spiro atoms. The predicted octanol–water partition coefficient (Wildman–Crippen LogP) is 5.94. The first-order chi connectivity index (χ1) is 27.3. The van der Waals surface area contributed by atoms with Crippen LogP contribution in [0.3, 0.4) is 0 Å². The van der Waals surface area contributed by atoms with Gasteiger partial charge in [-0.05, 0) is 74.6 Å². The summed E-state index contributed by atoms with van der Waals surface area (Å²) >= 11 is 0. The molecule has 300 valence electrons. The van der Waals surface area contributed by atoms with E-state index in [1.807, 2.05) is 41.0 Å². The van der Waals surface area contributed by atoms with Gasteiger partial charge in [0.1, 0.15) is 5.65 Å². The number of benzene rings is 1. The number of halogens is 3. The Morgan fingerprint density at radius 2 is 1.81 bits per heavy atom. The first kappa shape index (κ1) is 38.6. The molecule has 13 nitrogen and oxygen atoms in total. The van der Waals surface area contributed by atoms with E-state index in [1.54, 1.807) is 0 Å². The van der Waals surface area contributed by atoms with Crippen molar-refractivity contribution in [1.82, 2.24) is 29.5 Å². The molecule has 16 heteroatoms. The summed E-state index contributed by atoms with van der Waals surface area (Å²) < 4.78 is 39.1. The van der Waals surface area contributed by atoms with Gasteiger partial charge in [-0.1, -0.05) is 12.1 Å². The number of carbonyl (C=O) groups is 3. The van der Waals surface area contributed by atoms with Gasteiger partial charge in [-0.15, -0.1) is 0 Å². The molecule has 9 rings (SSSR count). The van der Waals surface area contributed by atoms with Crippen molar-refractivity contribution in [3.8, 4) is 17.2 Å². The van der Waals surface area contributed by atoms with Gasteiger partial charge >= 0.3 is 12.1 Å². The first-order valence-electron chi connectivity index (χ1n) is 19.5. The molecule has 2 aliphatic carbocycles. The molecule has 2 N–H and O–H groups in total. The molecule has 6 heterocycles. The second-order valence-electron chi connectivity index (χ2n) is 15.9. The van der Waals surface area contributed by atoms with Gasteiger partial charge in [-0.3, -0.25) is 19.2 Å². The molecule has 2 amide bonds. The molecule has 1 saturated carbocycles. The highest BCUT2D eigenvalue weighted by Crippen LogP contribution is 2.55. The highest BCUT2D eigenvalue weighted by molar-refractivity contribution is 6.16. The Morgan fingerprint density at radius 3 is 2.42 bits per heavy atom. The molecule has 1 atom stereocenters. The average Bonchev–Trinajstić information content (AvgIpc) is 3.83. The van der Waals surface area contributed by atoms with Gasteiger partial charge in [-0.25, -0.2) is 9.78 Å². The molecular formula is C41H45F3N8O5. The standard InChI is InChI=1S/C39H44N8O3.C2HF3O2/c1-44-30-24-41-35-32(33(30)39(37(44)49)13-16-47(17-14-39)38(12-15-40)10-3-11-38)31(27-8-9-29-28(22-27)23-42-45(29)2)34(43-35)25-4-6-26(7-5-25)36(48)46-18-20-50-21-19-46;3-2(4,5)1(6)7/h4,8-9,22-24,26H,3,5-7,10-14,16-21H2,1-2H3,(H,41,43);(H,6,7). The smallest absolute Gasteiger partial charge is 0.475 e. The van der Waals surface area contributed by atoms with E-state index < -0.39 is 17.6 Å². The molecule has 1 unspecified atom stereocenters. The number of carbonyl (C=O) groups excluding carboxylic acids is 2. The van der Waals surface area contributed by atoms with Gasteiger partial charge in [0.2, 0.25) is 11.8 Å². The first-order valence-corrected chi connectivity index (χ1v) is 19.5. The summed E-state index contributed by atoms with van der Waals surface area (Å²) in [5.41, 5.74) is 7.46. The lowest BCUT2D eigenvalue weighted by Gasteiger charge is -2.53. The quantitative estimate of drug-likeness (QED) is 0.250. The molecule has 2 saturated heterocycles. The van der Waals surface area contributed by atoms with E-state index in [-0.39, 0.29) is 23.3 Å². The Hall–Kier alpha value is -5.27. The van der Waals surface area contributed by atoms with Crippen molar-refractivity contribution in [2.24, 2.45) is 13.0 Å². The fourth-order valence-corrected chi connectivity index (χ4v) is 9.76. The number of carboxylic acid groups (broad SMARTS) is 1. The monoisotopic (exact) mass is 786 g/mol. The maximum Gasteiger partial charge on any atom is 0.490 e. The van der Waals surface area contributed by atoms with Crippen LogP contribution in [0.25, 0.3) is 38.6 Å². The van der Waals surface area contributed by atoms with Crippen LogP contribution in [0.5, 0.6) is 0 Å². The number of aromatic nitrogens is 4. The van der Waals surface area contributed by atoms with E-state index >= 15 is 0 Å². The number of aryl methyl sites for hydroxylation is 1. The Bertz CT molecular complexity index is 2320. The summed E-state index contributed by atoms with van der Waals surface area (Å²) in [6, 6.07) is 8.96. The van der Waals surface area contributed by atoms with E-state index in [2.05, 4.69) is 45.3 Å². The van der Waals surface area contributed by atoms with Crippen LogP contribution in [0.4, 0.5) is 18.9 Å². The SMILES string of the molecule is CN1C(=O)C2(CCN(C3(CC#N)CCC3)CC2)c2c1cnc1[nH]c(C3=CCC(C(=O)N4CCOCC4)CC3)c(-c3ccc4c(cnn4C)c3)c21.O=C(O)C(F)(F)F. The van der Waals surface area contributed by atoms with Crippen molar-refractivity contribution in [3.63, 3.8) is 0 Å². The number of H-pyrrole nitrogens is 1. The van der Waals surface area contributed by atoms with Crippen molar-refractivity contribution in [2.45, 2.75) is 74.9 Å². The zero-order chi connectivity index (χ0) is 40.3.